The second-order valence-corrected chi connectivity index (χ2v) is 10.7. The Morgan fingerprint density at radius 1 is 0.795 bits per heavy atom. The monoisotopic (exact) mass is 515 g/mol. The van der Waals surface area contributed by atoms with E-state index in [0.717, 1.165) is 53.0 Å². The first-order valence-electron chi connectivity index (χ1n) is 13.8. The van der Waals surface area contributed by atoms with Crippen molar-refractivity contribution in [2.75, 3.05) is 25.0 Å². The van der Waals surface area contributed by atoms with E-state index in [0.29, 0.717) is 5.56 Å². The largest absolute Gasteiger partial charge is 0.322 e. The average molecular weight is 516 g/mol. The first-order valence-corrected chi connectivity index (χ1v) is 13.8. The van der Waals surface area contributed by atoms with Crippen LogP contribution < -0.4 is 5.32 Å². The van der Waals surface area contributed by atoms with Crippen LogP contribution in [0, 0.1) is 0 Å². The van der Waals surface area contributed by atoms with E-state index < -0.39 is 0 Å². The minimum atomic E-state index is -0.114. The number of fused-ring (bicyclic) bond motifs is 1. The molecular weight excluding hydrogens is 478 g/mol. The summed E-state index contributed by atoms with van der Waals surface area (Å²) < 4.78 is 2.13. The van der Waals surface area contributed by atoms with Crippen molar-refractivity contribution in [2.24, 2.45) is 0 Å². The van der Waals surface area contributed by atoms with E-state index in [-0.39, 0.29) is 11.3 Å². The quantitative estimate of drug-likeness (QED) is 0.215. The molecule has 0 aliphatic heterocycles. The van der Waals surface area contributed by atoms with Gasteiger partial charge in [0, 0.05) is 34.8 Å². The molecular formula is C35H37N3O. The summed E-state index contributed by atoms with van der Waals surface area (Å²) in [5.74, 6) is -0.114. The molecule has 0 aliphatic carbocycles. The van der Waals surface area contributed by atoms with Crippen LogP contribution in [0.2, 0.25) is 0 Å². The van der Waals surface area contributed by atoms with Gasteiger partial charge in [0.15, 0.2) is 0 Å². The maximum atomic E-state index is 13.6. The Morgan fingerprint density at radius 2 is 1.44 bits per heavy atom. The maximum Gasteiger partial charge on any atom is 0.257 e. The zero-order valence-electron chi connectivity index (χ0n) is 23.3. The van der Waals surface area contributed by atoms with Crippen LogP contribution in [0.4, 0.5) is 5.69 Å². The van der Waals surface area contributed by atoms with Gasteiger partial charge < -0.3 is 14.8 Å². The highest BCUT2D eigenvalue weighted by atomic mass is 16.1. The molecule has 0 bridgehead atoms. The number of amides is 1. The summed E-state index contributed by atoms with van der Waals surface area (Å²) in [5, 5.41) is 4.07. The highest BCUT2D eigenvalue weighted by Crippen LogP contribution is 2.32. The first-order chi connectivity index (χ1) is 18.9. The Kier molecular flexibility index (Phi) is 7.67. The number of para-hydroxylation sites is 2. The molecule has 0 atom stereocenters. The van der Waals surface area contributed by atoms with Crippen LogP contribution >= 0.6 is 0 Å². The smallest absolute Gasteiger partial charge is 0.257 e. The van der Waals surface area contributed by atoms with Gasteiger partial charge in [-0.1, -0.05) is 107 Å². The summed E-state index contributed by atoms with van der Waals surface area (Å²) in [6.45, 7) is 12.0. The molecule has 4 heteroatoms. The van der Waals surface area contributed by atoms with Crippen LogP contribution in [0.15, 0.2) is 109 Å². The molecule has 0 saturated heterocycles. The third kappa shape index (κ3) is 5.52. The third-order valence-electron chi connectivity index (χ3n) is 7.64. The minimum absolute atomic E-state index is 0.0219. The average Bonchev–Trinajstić information content (AvgIpc) is 3.36. The van der Waals surface area contributed by atoms with Crippen molar-refractivity contribution >= 4 is 22.5 Å². The topological polar surface area (TPSA) is 37.3 Å². The standard InChI is InChI=1S/C35H37N3O/c1-5-37(6-2)25-35(3,4)27-20-22-28(23-21-27)36-34(39)31-24-38(33-19-13-11-17-30(31)33)32-18-12-10-16-29(32)26-14-8-7-9-15-26/h7-24H,5-6,25H2,1-4H3,(H,36,39). The molecule has 4 nitrogen and oxygen atoms in total. The second kappa shape index (κ2) is 11.3. The van der Waals surface area contributed by atoms with Gasteiger partial charge in [-0.3, -0.25) is 4.79 Å². The lowest BCUT2D eigenvalue weighted by molar-refractivity contribution is 0.102. The predicted molar refractivity (Wildman–Crippen MR) is 164 cm³/mol. The van der Waals surface area contributed by atoms with Gasteiger partial charge in [-0.05, 0) is 48.5 Å². The summed E-state index contributed by atoms with van der Waals surface area (Å²) in [6.07, 6.45) is 1.96. The Morgan fingerprint density at radius 3 is 2.15 bits per heavy atom. The molecule has 198 valence electrons. The molecule has 1 amide bonds. The van der Waals surface area contributed by atoms with E-state index >= 15 is 0 Å². The zero-order valence-corrected chi connectivity index (χ0v) is 23.3. The lowest BCUT2D eigenvalue weighted by Crippen LogP contribution is -2.36. The van der Waals surface area contributed by atoms with Gasteiger partial charge in [-0.15, -0.1) is 0 Å². The molecule has 5 aromatic rings. The van der Waals surface area contributed by atoms with Crippen molar-refractivity contribution in [2.45, 2.75) is 33.1 Å². The predicted octanol–water partition coefficient (Wildman–Crippen LogP) is 8.17. The van der Waals surface area contributed by atoms with Gasteiger partial charge in [0.05, 0.1) is 16.8 Å². The number of nitrogens with one attached hydrogen (secondary N) is 1. The molecule has 0 aliphatic rings. The highest BCUT2D eigenvalue weighted by molar-refractivity contribution is 6.13. The van der Waals surface area contributed by atoms with Crippen molar-refractivity contribution in [3.05, 3.63) is 120 Å². The summed E-state index contributed by atoms with van der Waals surface area (Å²) >= 11 is 0. The Labute approximate surface area is 231 Å². The normalized spacial score (nSPS) is 11.7. The van der Waals surface area contributed by atoms with Crippen molar-refractivity contribution in [1.29, 1.82) is 0 Å². The van der Waals surface area contributed by atoms with Crippen LogP contribution in [-0.4, -0.2) is 35.0 Å². The molecule has 0 fully saturated rings. The van der Waals surface area contributed by atoms with Crippen molar-refractivity contribution in [3.63, 3.8) is 0 Å². The molecule has 1 N–H and O–H groups in total. The van der Waals surface area contributed by atoms with Gasteiger partial charge in [0.1, 0.15) is 0 Å². The summed E-state index contributed by atoms with van der Waals surface area (Å²) in [6, 6.07) is 35.1. The SMILES string of the molecule is CCN(CC)CC(C)(C)c1ccc(NC(=O)c2cn(-c3ccccc3-c3ccccc3)c3ccccc23)cc1. The van der Waals surface area contributed by atoms with Crippen LogP contribution in [0.1, 0.15) is 43.6 Å². The van der Waals surface area contributed by atoms with Gasteiger partial charge in [0.2, 0.25) is 0 Å². The van der Waals surface area contributed by atoms with Crippen molar-refractivity contribution < 1.29 is 4.79 Å². The van der Waals surface area contributed by atoms with Crippen LogP contribution in [0.5, 0.6) is 0 Å². The maximum absolute atomic E-state index is 13.6. The number of hydrogen-bond donors (Lipinski definition) is 1. The fraction of sp³-hybridized carbons (Fsp3) is 0.229. The number of anilines is 1. The number of hydrogen-bond acceptors (Lipinski definition) is 2. The summed E-state index contributed by atoms with van der Waals surface area (Å²) in [4.78, 5) is 16.0. The van der Waals surface area contributed by atoms with Crippen LogP contribution in [0.25, 0.3) is 27.7 Å². The van der Waals surface area contributed by atoms with Crippen molar-refractivity contribution in [3.8, 4) is 16.8 Å². The number of aromatic nitrogens is 1. The molecule has 0 radical (unpaired) electrons. The molecule has 4 aromatic carbocycles. The van der Waals surface area contributed by atoms with Gasteiger partial charge in [-0.2, -0.15) is 0 Å². The van der Waals surface area contributed by atoms with E-state index in [1.165, 1.54) is 5.56 Å². The molecule has 0 unspecified atom stereocenters. The van der Waals surface area contributed by atoms with E-state index in [9.17, 15) is 4.79 Å². The number of nitrogens with zero attached hydrogens (tertiary/aromatic N) is 2. The summed E-state index contributed by atoms with van der Waals surface area (Å²) in [5.41, 5.74) is 7.03. The second-order valence-electron chi connectivity index (χ2n) is 10.7. The van der Waals surface area contributed by atoms with E-state index in [1.807, 2.05) is 48.7 Å². The van der Waals surface area contributed by atoms with E-state index in [4.69, 9.17) is 0 Å². The minimum Gasteiger partial charge on any atom is -0.322 e. The lowest BCUT2D eigenvalue weighted by atomic mass is 9.84. The van der Waals surface area contributed by atoms with Crippen molar-refractivity contribution in [1.82, 2.24) is 9.47 Å². The van der Waals surface area contributed by atoms with Gasteiger partial charge in [-0.25, -0.2) is 0 Å². The number of likely N-dealkylation sites (N-methyl/N-ethyl adjacent to an activating group) is 1. The molecule has 39 heavy (non-hydrogen) atoms. The Hall–Kier alpha value is -4.15. The van der Waals surface area contributed by atoms with E-state index in [2.05, 4.69) is 103 Å². The Bertz CT molecular complexity index is 1560. The van der Waals surface area contributed by atoms with E-state index in [1.54, 1.807) is 0 Å². The summed E-state index contributed by atoms with van der Waals surface area (Å²) in [7, 11) is 0. The fourth-order valence-electron chi connectivity index (χ4n) is 5.41. The van der Waals surface area contributed by atoms with Gasteiger partial charge in [0.25, 0.3) is 5.91 Å². The fourth-order valence-corrected chi connectivity index (χ4v) is 5.41. The van der Waals surface area contributed by atoms with Crippen LogP contribution in [0.3, 0.4) is 0 Å². The Balaban J connectivity index is 1.45. The number of carbonyl (C=O) groups excluding carboxylic acids is 1. The lowest BCUT2D eigenvalue weighted by Gasteiger charge is -2.32. The van der Waals surface area contributed by atoms with Crippen LogP contribution in [-0.2, 0) is 5.41 Å². The number of rotatable bonds is 9. The first kappa shape index (κ1) is 26.5. The highest BCUT2D eigenvalue weighted by Gasteiger charge is 2.23. The number of benzene rings is 4. The number of carbonyl (C=O) groups is 1. The molecule has 1 heterocycles. The molecule has 5 rings (SSSR count). The molecule has 0 spiro atoms. The zero-order chi connectivity index (χ0) is 27.4. The third-order valence-corrected chi connectivity index (χ3v) is 7.64. The van der Waals surface area contributed by atoms with Gasteiger partial charge >= 0.3 is 0 Å². The molecule has 0 saturated carbocycles. The molecule has 1 aromatic heterocycles.